The fraction of sp³-hybridized carbons (Fsp3) is 0.391. The van der Waals surface area contributed by atoms with Crippen molar-refractivity contribution in [3.63, 3.8) is 0 Å². The molecule has 6 rings (SSSR count). The molecule has 0 bridgehead atoms. The fourth-order valence-electron chi connectivity index (χ4n) is 6.68. The molecule has 4 aromatic carbocycles. The Kier molecular flexibility index (Phi) is 19.8. The maximum Gasteiger partial charge on any atom is 0.337 e. The summed E-state index contributed by atoms with van der Waals surface area (Å²) in [6.07, 6.45) is -11.9. The van der Waals surface area contributed by atoms with Crippen molar-refractivity contribution in [1.82, 2.24) is 0 Å². The van der Waals surface area contributed by atoms with Gasteiger partial charge in [0.05, 0.1) is 38.6 Å². The molecule has 352 valence electrons. The van der Waals surface area contributed by atoms with Crippen LogP contribution in [0.3, 0.4) is 0 Å². The van der Waals surface area contributed by atoms with E-state index in [1.54, 1.807) is 66.7 Å². The molecule has 0 radical (unpaired) electrons. The number of hydrogen-bond donors (Lipinski definition) is 8. The summed E-state index contributed by atoms with van der Waals surface area (Å²) in [6, 6.07) is 26.2. The maximum atomic E-state index is 11.5. The molecule has 2 heterocycles. The van der Waals surface area contributed by atoms with Gasteiger partial charge in [-0.2, -0.15) is 0 Å². The minimum atomic E-state index is -1.43. The van der Waals surface area contributed by atoms with E-state index in [0.717, 1.165) is 5.56 Å². The van der Waals surface area contributed by atoms with Crippen molar-refractivity contribution in [2.24, 2.45) is 0 Å². The summed E-state index contributed by atoms with van der Waals surface area (Å²) in [6.45, 7) is 1.70. The van der Waals surface area contributed by atoms with Crippen molar-refractivity contribution in [2.75, 3.05) is 27.4 Å². The highest BCUT2D eigenvalue weighted by Crippen LogP contribution is 2.35. The van der Waals surface area contributed by atoms with E-state index in [1.807, 2.05) is 6.07 Å². The van der Waals surface area contributed by atoms with Gasteiger partial charge in [0.15, 0.2) is 6.10 Å². The van der Waals surface area contributed by atoms with Crippen molar-refractivity contribution < 1.29 is 93.2 Å². The maximum absolute atomic E-state index is 11.5. The number of aliphatic hydroxyl groups excluding tert-OH is 7. The first kappa shape index (κ1) is 51.6. The Morgan fingerprint density at radius 1 is 0.600 bits per heavy atom. The largest absolute Gasteiger partial charge is 0.508 e. The predicted octanol–water partition coefficient (Wildman–Crippen LogP) is 1.58. The Bertz CT molecular complexity index is 2140. The Hall–Kier alpha value is -6.00. The molecule has 4 aromatic rings. The van der Waals surface area contributed by atoms with Crippen LogP contribution in [0.4, 0.5) is 0 Å². The van der Waals surface area contributed by atoms with Gasteiger partial charge < -0.3 is 74.0 Å². The highest BCUT2D eigenvalue weighted by Gasteiger charge is 2.47. The molecule has 0 aromatic heterocycles. The van der Waals surface area contributed by atoms with Gasteiger partial charge >= 0.3 is 23.9 Å². The SMILES string of the molecule is CC(=O)OC[C@H]1OC(c2cccc(CO)c2)[C@@H](O)[C@@H](O)[C@@H]1OC(C)=O.COC(=O)c1ccc(O)cc1.COC(=O)c1ccc(OCc2cccc(C3O[C@H](CO)[C@@H](O)[C@H](O)[C@@H]3O)c2)cc1. The summed E-state index contributed by atoms with van der Waals surface area (Å²) in [5.74, 6) is -1.33. The van der Waals surface area contributed by atoms with Gasteiger partial charge in [-0.15, -0.1) is 0 Å². The van der Waals surface area contributed by atoms with E-state index in [-0.39, 0.29) is 25.6 Å². The minimum Gasteiger partial charge on any atom is -0.508 e. The topological polar surface area (TPSA) is 295 Å². The molecule has 2 saturated heterocycles. The first-order chi connectivity index (χ1) is 31.0. The van der Waals surface area contributed by atoms with E-state index < -0.39 is 91.5 Å². The van der Waals surface area contributed by atoms with Crippen LogP contribution in [0.5, 0.6) is 11.5 Å². The van der Waals surface area contributed by atoms with Crippen LogP contribution in [0.2, 0.25) is 0 Å². The lowest BCUT2D eigenvalue weighted by Crippen LogP contribution is -2.57. The summed E-state index contributed by atoms with van der Waals surface area (Å²) >= 11 is 0. The highest BCUT2D eigenvalue weighted by atomic mass is 16.6. The molecule has 65 heavy (non-hydrogen) atoms. The smallest absolute Gasteiger partial charge is 0.337 e. The predicted molar refractivity (Wildman–Crippen MR) is 225 cm³/mol. The van der Waals surface area contributed by atoms with Crippen LogP contribution in [0.25, 0.3) is 0 Å². The van der Waals surface area contributed by atoms with Crippen molar-refractivity contribution >= 4 is 23.9 Å². The number of carbonyl (C=O) groups is 4. The molecular formula is C46H54O19. The molecule has 2 aliphatic rings. The van der Waals surface area contributed by atoms with E-state index in [9.17, 15) is 54.9 Å². The van der Waals surface area contributed by atoms with Crippen LogP contribution in [0.15, 0.2) is 97.1 Å². The monoisotopic (exact) mass is 910 g/mol. The second-order valence-corrected chi connectivity index (χ2v) is 14.7. The number of carbonyl (C=O) groups excluding carboxylic acids is 4. The number of phenols is 1. The van der Waals surface area contributed by atoms with Gasteiger partial charge in [-0.1, -0.05) is 42.5 Å². The number of ether oxygens (including phenoxy) is 7. The zero-order valence-electron chi connectivity index (χ0n) is 35.9. The lowest BCUT2D eigenvalue weighted by atomic mass is 9.90. The van der Waals surface area contributed by atoms with Crippen molar-refractivity contribution in [3.05, 3.63) is 130 Å². The molecule has 8 N–H and O–H groups in total. The van der Waals surface area contributed by atoms with Gasteiger partial charge in [0.2, 0.25) is 0 Å². The number of aliphatic hydroxyl groups is 7. The first-order valence-electron chi connectivity index (χ1n) is 20.1. The van der Waals surface area contributed by atoms with Gasteiger partial charge in [0, 0.05) is 13.8 Å². The standard InChI is InChI=1S/C21H24O8.C17H22O8.C8H8O3/c1-27-21(26)13-5-7-15(8-6-13)28-11-12-3-2-4-14(9-12)20-19(25)18(24)17(23)16(10-22)29-20;1-9(19)23-8-13-17(24-10(2)20)15(22)14(21)16(25-13)12-5-3-4-11(6-12)7-18;1-11-8(10)6-2-4-7(9)5-3-6/h2-9,16-20,22-25H,10-11H2,1H3;3-6,13-18,21-22H,7-8H2,1-2H3;2-5,9H,1H3/t16-,17-,18+,19+,20?;13-,14+,15-,16?,17-;/m11./s1. The van der Waals surface area contributed by atoms with Gasteiger partial charge in [0.25, 0.3) is 0 Å². The van der Waals surface area contributed by atoms with Crippen LogP contribution in [0.1, 0.15) is 69.0 Å². The van der Waals surface area contributed by atoms with Crippen LogP contribution in [-0.4, -0.2) is 141 Å². The first-order valence-corrected chi connectivity index (χ1v) is 20.1. The molecule has 2 aliphatic heterocycles. The van der Waals surface area contributed by atoms with Crippen LogP contribution >= 0.6 is 0 Å². The molecule has 0 spiro atoms. The third-order valence-corrected chi connectivity index (χ3v) is 10.0. The molecule has 10 atom stereocenters. The lowest BCUT2D eigenvalue weighted by molar-refractivity contribution is -0.242. The van der Waals surface area contributed by atoms with E-state index in [2.05, 4.69) is 9.47 Å². The van der Waals surface area contributed by atoms with Gasteiger partial charge in [0.1, 0.15) is 79.6 Å². The minimum absolute atomic E-state index is 0.137. The third-order valence-electron chi connectivity index (χ3n) is 10.0. The average Bonchev–Trinajstić information content (AvgIpc) is 3.31. The molecule has 0 amide bonds. The van der Waals surface area contributed by atoms with Gasteiger partial charge in [-0.25, -0.2) is 9.59 Å². The summed E-state index contributed by atoms with van der Waals surface area (Å²) in [5, 5.41) is 78.4. The molecule has 19 heteroatoms. The van der Waals surface area contributed by atoms with E-state index in [1.165, 1.54) is 52.3 Å². The lowest BCUT2D eigenvalue weighted by Gasteiger charge is -2.42. The van der Waals surface area contributed by atoms with Crippen LogP contribution in [0, 0.1) is 0 Å². The number of benzene rings is 4. The molecule has 19 nitrogen and oxygen atoms in total. The quantitative estimate of drug-likeness (QED) is 0.0739. The van der Waals surface area contributed by atoms with Crippen molar-refractivity contribution in [2.45, 2.75) is 88.1 Å². The second-order valence-electron chi connectivity index (χ2n) is 14.7. The summed E-state index contributed by atoms with van der Waals surface area (Å²) in [4.78, 5) is 44.6. The number of phenolic OH excluding ortho intramolecular Hbond substituents is 1. The summed E-state index contributed by atoms with van der Waals surface area (Å²) in [7, 11) is 2.63. The number of aromatic hydroxyl groups is 1. The Morgan fingerprint density at radius 2 is 1.11 bits per heavy atom. The number of methoxy groups -OCH3 is 2. The Labute approximate surface area is 373 Å². The van der Waals surface area contributed by atoms with Crippen molar-refractivity contribution in [3.8, 4) is 11.5 Å². The van der Waals surface area contributed by atoms with E-state index in [0.29, 0.717) is 33.6 Å². The third kappa shape index (κ3) is 14.5. The molecule has 0 aliphatic carbocycles. The van der Waals surface area contributed by atoms with E-state index >= 15 is 0 Å². The van der Waals surface area contributed by atoms with Crippen LogP contribution in [-0.2, 0) is 51.2 Å². The van der Waals surface area contributed by atoms with Crippen molar-refractivity contribution in [1.29, 1.82) is 0 Å². The Morgan fingerprint density at radius 3 is 1.62 bits per heavy atom. The highest BCUT2D eigenvalue weighted by molar-refractivity contribution is 5.89. The fourth-order valence-corrected chi connectivity index (χ4v) is 6.68. The average molecular weight is 911 g/mol. The van der Waals surface area contributed by atoms with Gasteiger partial charge in [-0.05, 0) is 76.9 Å². The van der Waals surface area contributed by atoms with E-state index in [4.69, 9.17) is 28.8 Å². The zero-order chi connectivity index (χ0) is 47.8. The van der Waals surface area contributed by atoms with Crippen LogP contribution < -0.4 is 4.74 Å². The Balaban J connectivity index is 0.000000233. The molecule has 0 saturated carbocycles. The molecule has 2 unspecified atom stereocenters. The summed E-state index contributed by atoms with van der Waals surface area (Å²) < 4.78 is 36.2. The normalized spacial score (nSPS) is 24.7. The number of hydrogen-bond acceptors (Lipinski definition) is 19. The number of esters is 4. The zero-order valence-corrected chi connectivity index (χ0v) is 35.9. The molecule has 2 fully saturated rings. The van der Waals surface area contributed by atoms with Gasteiger partial charge in [-0.3, -0.25) is 9.59 Å². The molecular weight excluding hydrogens is 856 g/mol. The second kappa shape index (κ2) is 24.9. The number of rotatable bonds is 12. The summed E-state index contributed by atoms with van der Waals surface area (Å²) in [5.41, 5.74) is 3.38.